The van der Waals surface area contributed by atoms with Gasteiger partial charge in [0.2, 0.25) is 11.9 Å². The van der Waals surface area contributed by atoms with Crippen molar-refractivity contribution in [1.82, 2.24) is 0 Å². The van der Waals surface area contributed by atoms with E-state index < -0.39 is 0 Å². The third-order valence-electron chi connectivity index (χ3n) is 5.30. The summed E-state index contributed by atoms with van der Waals surface area (Å²) in [5.41, 5.74) is 4.23. The van der Waals surface area contributed by atoms with Gasteiger partial charge in [-0.25, -0.2) is 4.39 Å². The standard InChI is InChI=1S/C26H25FNO2/c1-17(2)26-25(20-9-12-24(27)18(3)13-20)23-11-10-22(14-21(23)15-28(26)29)30-16-19-7-5-4-6-8-19/h4-15,17,29H,16H2,1-3H3/q+1. The lowest BCUT2D eigenvalue weighted by Crippen LogP contribution is -2.36. The summed E-state index contributed by atoms with van der Waals surface area (Å²) in [5.74, 6) is 0.567. The Bertz CT molecular complexity index is 1200. The monoisotopic (exact) mass is 402 g/mol. The van der Waals surface area contributed by atoms with Crippen LogP contribution in [0, 0.1) is 12.7 Å². The fraction of sp³-hybridized carbons (Fsp3) is 0.192. The van der Waals surface area contributed by atoms with Gasteiger partial charge in [-0.05, 0) is 53.9 Å². The number of hydrogen-bond acceptors (Lipinski definition) is 2. The van der Waals surface area contributed by atoms with Crippen LogP contribution < -0.4 is 9.47 Å². The molecule has 0 spiro atoms. The van der Waals surface area contributed by atoms with Crippen LogP contribution in [-0.2, 0) is 6.61 Å². The summed E-state index contributed by atoms with van der Waals surface area (Å²) in [5, 5.41) is 12.6. The van der Waals surface area contributed by atoms with Gasteiger partial charge in [-0.15, -0.1) is 0 Å². The van der Waals surface area contributed by atoms with Gasteiger partial charge in [-0.2, -0.15) is 0 Å². The number of nitrogens with zero attached hydrogens (tertiary/aromatic N) is 1. The predicted molar refractivity (Wildman–Crippen MR) is 116 cm³/mol. The lowest BCUT2D eigenvalue weighted by atomic mass is 9.92. The number of aromatic nitrogens is 1. The zero-order chi connectivity index (χ0) is 21.3. The Morgan fingerprint density at radius 3 is 2.47 bits per heavy atom. The number of halogens is 1. The quantitative estimate of drug-likeness (QED) is 0.319. The zero-order valence-electron chi connectivity index (χ0n) is 17.4. The molecule has 0 saturated carbocycles. The lowest BCUT2D eigenvalue weighted by Gasteiger charge is -2.14. The van der Waals surface area contributed by atoms with Crippen molar-refractivity contribution in [2.75, 3.05) is 0 Å². The van der Waals surface area contributed by atoms with E-state index in [1.165, 1.54) is 10.8 Å². The highest BCUT2D eigenvalue weighted by atomic mass is 19.1. The molecule has 4 rings (SSSR count). The second-order valence-electron chi connectivity index (χ2n) is 7.88. The van der Waals surface area contributed by atoms with E-state index >= 15 is 0 Å². The minimum Gasteiger partial charge on any atom is -0.489 e. The Kier molecular flexibility index (Phi) is 5.40. The molecule has 3 nitrogen and oxygen atoms in total. The number of pyridine rings is 1. The van der Waals surface area contributed by atoms with Gasteiger partial charge < -0.3 is 4.74 Å². The van der Waals surface area contributed by atoms with Crippen molar-refractivity contribution in [2.24, 2.45) is 0 Å². The molecule has 0 fully saturated rings. The Morgan fingerprint density at radius 1 is 1.00 bits per heavy atom. The molecule has 0 amide bonds. The zero-order valence-corrected chi connectivity index (χ0v) is 17.4. The maximum atomic E-state index is 13.9. The van der Waals surface area contributed by atoms with Crippen LogP contribution in [0.2, 0.25) is 0 Å². The maximum Gasteiger partial charge on any atom is 0.245 e. The smallest absolute Gasteiger partial charge is 0.245 e. The molecule has 152 valence electrons. The minimum absolute atomic E-state index is 0.0776. The average Bonchev–Trinajstić information content (AvgIpc) is 2.73. The van der Waals surface area contributed by atoms with Gasteiger partial charge in [0.15, 0.2) is 0 Å². The van der Waals surface area contributed by atoms with Crippen molar-refractivity contribution in [3.05, 3.63) is 95.6 Å². The van der Waals surface area contributed by atoms with E-state index in [4.69, 9.17) is 4.74 Å². The number of benzene rings is 3. The van der Waals surface area contributed by atoms with Gasteiger partial charge in [-0.3, -0.25) is 5.21 Å². The minimum atomic E-state index is -0.237. The molecule has 0 bridgehead atoms. The Hall–Kier alpha value is -3.40. The summed E-state index contributed by atoms with van der Waals surface area (Å²) in [6.45, 7) is 6.29. The molecule has 4 aromatic rings. The number of rotatable bonds is 5. The highest BCUT2D eigenvalue weighted by Gasteiger charge is 2.25. The normalized spacial score (nSPS) is 11.2. The Balaban J connectivity index is 1.82. The Morgan fingerprint density at radius 2 is 1.77 bits per heavy atom. The predicted octanol–water partition coefficient (Wildman–Crippen LogP) is 6.18. The lowest BCUT2D eigenvalue weighted by molar-refractivity contribution is -0.909. The third kappa shape index (κ3) is 3.86. The molecule has 0 radical (unpaired) electrons. The van der Waals surface area contributed by atoms with Crippen molar-refractivity contribution in [2.45, 2.75) is 33.3 Å². The van der Waals surface area contributed by atoms with Crippen molar-refractivity contribution >= 4 is 10.8 Å². The molecule has 1 N–H and O–H groups in total. The van der Waals surface area contributed by atoms with Crippen LogP contribution in [0.4, 0.5) is 4.39 Å². The third-order valence-corrected chi connectivity index (χ3v) is 5.30. The first kappa shape index (κ1) is 19.9. The number of aryl methyl sites for hydroxylation is 1. The highest BCUT2D eigenvalue weighted by molar-refractivity contribution is 5.97. The first-order chi connectivity index (χ1) is 14.4. The molecule has 1 aromatic heterocycles. The van der Waals surface area contributed by atoms with E-state index in [0.29, 0.717) is 12.2 Å². The number of ether oxygens (including phenoxy) is 1. The molecule has 0 unspecified atom stereocenters. The van der Waals surface area contributed by atoms with Crippen LogP contribution in [-0.4, -0.2) is 5.21 Å². The van der Waals surface area contributed by atoms with E-state index in [-0.39, 0.29) is 11.7 Å². The molecule has 0 aliphatic carbocycles. The van der Waals surface area contributed by atoms with Crippen LogP contribution in [0.5, 0.6) is 5.75 Å². The van der Waals surface area contributed by atoms with Crippen molar-refractivity contribution in [3.63, 3.8) is 0 Å². The fourth-order valence-corrected chi connectivity index (χ4v) is 3.82. The second-order valence-corrected chi connectivity index (χ2v) is 7.88. The first-order valence-corrected chi connectivity index (χ1v) is 10.1. The van der Waals surface area contributed by atoms with E-state index in [1.807, 2.05) is 68.4 Å². The molecule has 1 heterocycles. The Labute approximate surface area is 176 Å². The summed E-state index contributed by atoms with van der Waals surface area (Å²) in [6, 6.07) is 20.9. The summed E-state index contributed by atoms with van der Waals surface area (Å²) in [6.07, 6.45) is 1.71. The second kappa shape index (κ2) is 8.15. The average molecular weight is 402 g/mol. The van der Waals surface area contributed by atoms with Gasteiger partial charge >= 0.3 is 0 Å². The van der Waals surface area contributed by atoms with Crippen molar-refractivity contribution in [3.8, 4) is 16.9 Å². The van der Waals surface area contributed by atoms with Gasteiger partial charge in [0.1, 0.15) is 18.2 Å². The topological polar surface area (TPSA) is 33.3 Å². The number of hydrogen-bond donors (Lipinski definition) is 1. The van der Waals surface area contributed by atoms with Crippen LogP contribution >= 0.6 is 0 Å². The van der Waals surface area contributed by atoms with Crippen LogP contribution in [0.3, 0.4) is 0 Å². The maximum absolute atomic E-state index is 13.9. The van der Waals surface area contributed by atoms with Crippen molar-refractivity contribution in [1.29, 1.82) is 0 Å². The molecule has 0 atom stereocenters. The SMILES string of the molecule is Cc1cc(-c2c(C(C)C)[n+](O)cc3cc(OCc4ccccc4)ccc23)ccc1F. The number of fused-ring (bicyclic) bond motifs is 1. The van der Waals surface area contributed by atoms with Gasteiger partial charge in [0.25, 0.3) is 0 Å². The summed E-state index contributed by atoms with van der Waals surface area (Å²) >= 11 is 0. The van der Waals surface area contributed by atoms with E-state index in [9.17, 15) is 9.60 Å². The molecule has 30 heavy (non-hydrogen) atoms. The molecule has 0 aliphatic rings. The van der Waals surface area contributed by atoms with Crippen molar-refractivity contribution < 1.29 is 19.1 Å². The first-order valence-electron chi connectivity index (χ1n) is 10.1. The summed E-state index contributed by atoms with van der Waals surface area (Å²) in [4.78, 5) is 0. The van der Waals surface area contributed by atoms with E-state index in [2.05, 4.69) is 0 Å². The molecule has 0 saturated heterocycles. The highest BCUT2D eigenvalue weighted by Crippen LogP contribution is 2.35. The van der Waals surface area contributed by atoms with Crippen LogP contribution in [0.25, 0.3) is 21.9 Å². The van der Waals surface area contributed by atoms with Crippen LogP contribution in [0.15, 0.2) is 72.9 Å². The summed E-state index contributed by atoms with van der Waals surface area (Å²) in [7, 11) is 0. The largest absolute Gasteiger partial charge is 0.489 e. The van der Waals surface area contributed by atoms with Crippen LogP contribution in [0.1, 0.15) is 36.6 Å². The van der Waals surface area contributed by atoms with E-state index in [1.54, 1.807) is 19.2 Å². The van der Waals surface area contributed by atoms with E-state index in [0.717, 1.165) is 38.9 Å². The fourth-order valence-electron chi connectivity index (χ4n) is 3.82. The molecule has 4 heteroatoms. The van der Waals surface area contributed by atoms with Gasteiger partial charge in [0, 0.05) is 16.0 Å². The summed E-state index contributed by atoms with van der Waals surface area (Å²) < 4.78 is 21.0. The van der Waals surface area contributed by atoms with Gasteiger partial charge in [0.05, 0.1) is 10.9 Å². The molecule has 0 aliphatic heterocycles. The molecule has 3 aromatic carbocycles. The molecular formula is C26H25FNO2+. The van der Waals surface area contributed by atoms with Gasteiger partial charge in [-0.1, -0.05) is 50.2 Å². The molecular weight excluding hydrogens is 377 g/mol.